The summed E-state index contributed by atoms with van der Waals surface area (Å²) in [6, 6.07) is 0. The molecule has 0 aromatic heterocycles. The molecule has 1 atom stereocenters. The second kappa shape index (κ2) is 12.7. The molecule has 0 N–H and O–H groups in total. The molecule has 0 fully saturated rings. The average molecular weight is 371 g/mol. The molecule has 148 valence electrons. The van der Waals surface area contributed by atoms with E-state index in [0.29, 0.717) is 29.3 Å². The zero-order valence-electron chi connectivity index (χ0n) is 17.9. The molecule has 0 spiro atoms. The molecule has 0 aromatic rings. The number of ether oxygens (including phenoxy) is 1. The van der Waals surface area contributed by atoms with Crippen LogP contribution in [0.15, 0.2) is 12.2 Å². The summed E-state index contributed by atoms with van der Waals surface area (Å²) in [4.78, 5) is 11.2. The summed E-state index contributed by atoms with van der Waals surface area (Å²) in [5, 5.41) is 0. The maximum atomic E-state index is 11.2. The van der Waals surface area contributed by atoms with Crippen LogP contribution < -0.4 is 0 Å². The van der Waals surface area contributed by atoms with Crippen LogP contribution in [0, 0.1) is 0 Å². The van der Waals surface area contributed by atoms with E-state index in [0.717, 1.165) is 19.3 Å². The number of rotatable bonds is 13. The van der Waals surface area contributed by atoms with E-state index in [-0.39, 0.29) is 5.97 Å². The Morgan fingerprint density at radius 1 is 0.920 bits per heavy atom. The summed E-state index contributed by atoms with van der Waals surface area (Å²) < 4.78 is 11.6. The van der Waals surface area contributed by atoms with Crippen LogP contribution in [0.2, 0.25) is 16.6 Å². The van der Waals surface area contributed by atoms with Gasteiger partial charge in [0.2, 0.25) is 8.32 Å². The van der Waals surface area contributed by atoms with Crippen LogP contribution in [0.4, 0.5) is 0 Å². The highest BCUT2D eigenvalue weighted by Crippen LogP contribution is 2.43. The van der Waals surface area contributed by atoms with Crippen molar-refractivity contribution in [2.45, 2.75) is 110 Å². The van der Waals surface area contributed by atoms with Crippen molar-refractivity contribution in [3.8, 4) is 0 Å². The van der Waals surface area contributed by atoms with Crippen molar-refractivity contribution in [2.24, 2.45) is 0 Å². The van der Waals surface area contributed by atoms with Crippen molar-refractivity contribution in [2.75, 3.05) is 6.61 Å². The number of hydrogen-bond donors (Lipinski definition) is 0. The van der Waals surface area contributed by atoms with Crippen molar-refractivity contribution in [3.63, 3.8) is 0 Å². The molecular formula is C21H42O3Si. The standard InChI is InChI=1S/C21H42O3Si/c1-9-23-21(22)16-14-12-10-11-13-15-20(8)24-25(17(2)3,18(4)5)19(6)7/h14,16-20H,9-13,15H2,1-8H3/b16-14+/t20-/m1/s1. The van der Waals surface area contributed by atoms with Gasteiger partial charge in [-0.1, -0.05) is 60.5 Å². The van der Waals surface area contributed by atoms with Gasteiger partial charge in [-0.25, -0.2) is 4.79 Å². The van der Waals surface area contributed by atoms with E-state index in [1.165, 1.54) is 12.8 Å². The van der Waals surface area contributed by atoms with Crippen LogP contribution in [0.25, 0.3) is 0 Å². The third-order valence-electron chi connectivity index (χ3n) is 5.13. The molecule has 25 heavy (non-hydrogen) atoms. The Labute approximate surface area is 157 Å². The molecule has 0 aliphatic carbocycles. The van der Waals surface area contributed by atoms with Gasteiger partial charge in [0, 0.05) is 12.2 Å². The first-order chi connectivity index (χ1) is 11.7. The largest absolute Gasteiger partial charge is 0.463 e. The van der Waals surface area contributed by atoms with Gasteiger partial charge in [0.25, 0.3) is 0 Å². The molecule has 0 rings (SSSR count). The fourth-order valence-corrected chi connectivity index (χ4v) is 9.69. The molecule has 0 bridgehead atoms. The van der Waals surface area contributed by atoms with Crippen LogP contribution in [0.1, 0.15) is 87.5 Å². The summed E-state index contributed by atoms with van der Waals surface area (Å²) in [5.74, 6) is -0.234. The fraction of sp³-hybridized carbons (Fsp3) is 0.857. The predicted molar refractivity (Wildman–Crippen MR) is 110 cm³/mol. The molecule has 0 aliphatic rings. The van der Waals surface area contributed by atoms with Crippen LogP contribution in [0.3, 0.4) is 0 Å². The van der Waals surface area contributed by atoms with Crippen LogP contribution >= 0.6 is 0 Å². The molecule has 0 heterocycles. The topological polar surface area (TPSA) is 35.5 Å². The minimum atomic E-state index is -1.75. The molecule has 0 unspecified atom stereocenters. The molecule has 0 amide bonds. The maximum absolute atomic E-state index is 11.2. The van der Waals surface area contributed by atoms with Gasteiger partial charge in [-0.05, 0) is 49.7 Å². The summed E-state index contributed by atoms with van der Waals surface area (Å²) in [7, 11) is -1.75. The Morgan fingerprint density at radius 2 is 1.48 bits per heavy atom. The molecule has 4 heteroatoms. The van der Waals surface area contributed by atoms with Crippen molar-refractivity contribution in [1.29, 1.82) is 0 Å². The quantitative estimate of drug-likeness (QED) is 0.158. The Hall–Kier alpha value is -0.613. The predicted octanol–water partition coefficient (Wildman–Crippen LogP) is 6.64. The average Bonchev–Trinajstić information content (AvgIpc) is 2.50. The van der Waals surface area contributed by atoms with E-state index >= 15 is 0 Å². The third-order valence-corrected chi connectivity index (χ3v) is 11.4. The second-order valence-corrected chi connectivity index (χ2v) is 13.4. The van der Waals surface area contributed by atoms with Crippen molar-refractivity contribution in [3.05, 3.63) is 12.2 Å². The summed E-state index contributed by atoms with van der Waals surface area (Å²) in [5.41, 5.74) is 1.92. The van der Waals surface area contributed by atoms with Gasteiger partial charge in [0.05, 0.1) is 6.61 Å². The fourth-order valence-electron chi connectivity index (χ4n) is 4.06. The Balaban J connectivity index is 4.21. The SMILES string of the molecule is CCOC(=O)/C=C/CCCCC[C@@H](C)O[Si](C(C)C)(C(C)C)C(C)C. The van der Waals surface area contributed by atoms with Gasteiger partial charge in [0.15, 0.2) is 0 Å². The Morgan fingerprint density at radius 3 is 1.96 bits per heavy atom. The molecule has 3 nitrogen and oxygen atoms in total. The second-order valence-electron chi connectivity index (χ2n) is 8.04. The van der Waals surface area contributed by atoms with Crippen molar-refractivity contribution in [1.82, 2.24) is 0 Å². The van der Waals surface area contributed by atoms with Gasteiger partial charge >= 0.3 is 5.97 Å². The van der Waals surface area contributed by atoms with E-state index in [2.05, 4.69) is 48.5 Å². The van der Waals surface area contributed by atoms with Gasteiger partial charge in [0.1, 0.15) is 0 Å². The first-order valence-electron chi connectivity index (χ1n) is 10.2. The summed E-state index contributed by atoms with van der Waals surface area (Å²) in [6.07, 6.45) is 9.36. The summed E-state index contributed by atoms with van der Waals surface area (Å²) in [6.45, 7) is 18.6. The smallest absolute Gasteiger partial charge is 0.330 e. The van der Waals surface area contributed by atoms with E-state index < -0.39 is 8.32 Å². The zero-order valence-corrected chi connectivity index (χ0v) is 18.9. The van der Waals surface area contributed by atoms with Crippen LogP contribution in [-0.4, -0.2) is 27.0 Å². The van der Waals surface area contributed by atoms with E-state index in [1.54, 1.807) is 6.08 Å². The lowest BCUT2D eigenvalue weighted by molar-refractivity contribution is -0.137. The van der Waals surface area contributed by atoms with Crippen LogP contribution in [-0.2, 0) is 14.0 Å². The Kier molecular flexibility index (Phi) is 12.4. The number of unbranched alkanes of at least 4 members (excludes halogenated alkanes) is 3. The highest BCUT2D eigenvalue weighted by Gasteiger charge is 2.45. The lowest BCUT2D eigenvalue weighted by atomic mass is 10.1. The van der Waals surface area contributed by atoms with E-state index in [1.807, 2.05) is 13.0 Å². The zero-order chi connectivity index (χ0) is 19.5. The number of carbonyl (C=O) groups is 1. The molecule has 0 aromatic carbocycles. The lowest BCUT2D eigenvalue weighted by Gasteiger charge is -2.44. The number of allylic oxidation sites excluding steroid dienone is 1. The molecule has 0 radical (unpaired) electrons. The molecule has 0 aliphatic heterocycles. The monoisotopic (exact) mass is 370 g/mol. The number of hydrogen-bond acceptors (Lipinski definition) is 3. The molecular weight excluding hydrogens is 328 g/mol. The van der Waals surface area contributed by atoms with Gasteiger partial charge < -0.3 is 9.16 Å². The third kappa shape index (κ3) is 8.54. The lowest BCUT2D eigenvalue weighted by Crippen LogP contribution is -2.49. The highest BCUT2D eigenvalue weighted by atomic mass is 28.4. The first-order valence-corrected chi connectivity index (χ1v) is 12.3. The van der Waals surface area contributed by atoms with Gasteiger partial charge in [-0.3, -0.25) is 0 Å². The molecule has 0 saturated carbocycles. The van der Waals surface area contributed by atoms with Gasteiger partial charge in [-0.15, -0.1) is 0 Å². The number of carbonyl (C=O) groups excluding carboxylic acids is 1. The highest BCUT2D eigenvalue weighted by molar-refractivity contribution is 6.77. The summed E-state index contributed by atoms with van der Waals surface area (Å²) >= 11 is 0. The molecule has 0 saturated heterocycles. The van der Waals surface area contributed by atoms with Crippen molar-refractivity contribution < 1.29 is 14.0 Å². The van der Waals surface area contributed by atoms with Crippen LogP contribution in [0.5, 0.6) is 0 Å². The Bertz CT molecular complexity index is 367. The van der Waals surface area contributed by atoms with E-state index in [9.17, 15) is 4.79 Å². The minimum Gasteiger partial charge on any atom is -0.463 e. The minimum absolute atomic E-state index is 0.234. The van der Waals surface area contributed by atoms with Crippen molar-refractivity contribution >= 4 is 14.3 Å². The maximum Gasteiger partial charge on any atom is 0.330 e. The number of esters is 1. The normalized spacial score (nSPS) is 14.0. The first kappa shape index (κ1) is 24.4. The van der Waals surface area contributed by atoms with E-state index in [4.69, 9.17) is 9.16 Å². The van der Waals surface area contributed by atoms with Gasteiger partial charge in [-0.2, -0.15) is 0 Å².